The number of benzene rings is 1. The summed E-state index contributed by atoms with van der Waals surface area (Å²) in [6.07, 6.45) is 0. The fourth-order valence-electron chi connectivity index (χ4n) is 2.44. The van der Waals surface area contributed by atoms with Crippen molar-refractivity contribution in [3.05, 3.63) is 55.7 Å². The van der Waals surface area contributed by atoms with E-state index in [-0.39, 0.29) is 23.3 Å². The lowest BCUT2D eigenvalue weighted by Crippen LogP contribution is -2.26. The van der Waals surface area contributed by atoms with Crippen LogP contribution in [0.1, 0.15) is 36.0 Å². The number of nitrogens with zero attached hydrogens (tertiary/aromatic N) is 1. The van der Waals surface area contributed by atoms with E-state index in [1.807, 2.05) is 6.07 Å². The highest BCUT2D eigenvalue weighted by atomic mass is 79.9. The summed E-state index contributed by atoms with van der Waals surface area (Å²) in [6, 6.07) is 8.72. The van der Waals surface area contributed by atoms with Crippen LogP contribution in [0.15, 0.2) is 34.1 Å². The molecule has 0 bridgehead atoms. The molecule has 1 aliphatic heterocycles. The van der Waals surface area contributed by atoms with Crippen LogP contribution in [-0.2, 0) is 5.75 Å². The molecule has 1 N–H and O–H groups in total. The highest BCUT2D eigenvalue weighted by molar-refractivity contribution is 9.11. The zero-order valence-corrected chi connectivity index (χ0v) is 16.6. The van der Waals surface area contributed by atoms with Gasteiger partial charge in [0.25, 0.3) is 17.7 Å². The average Bonchev–Trinajstić information content (AvgIpc) is 3.11. The van der Waals surface area contributed by atoms with Crippen LogP contribution >= 0.6 is 39.0 Å². The van der Waals surface area contributed by atoms with E-state index < -0.39 is 0 Å². The van der Waals surface area contributed by atoms with E-state index in [4.69, 9.17) is 0 Å². The van der Waals surface area contributed by atoms with Crippen LogP contribution in [0.3, 0.4) is 0 Å². The first-order chi connectivity index (χ1) is 12.0. The van der Waals surface area contributed by atoms with E-state index in [9.17, 15) is 14.4 Å². The first-order valence-corrected chi connectivity index (χ1v) is 10.3. The van der Waals surface area contributed by atoms with Gasteiger partial charge >= 0.3 is 0 Å². The lowest BCUT2D eigenvalue weighted by Gasteiger charge is -2.06. The number of thioether (sulfide) groups is 1. The smallest absolute Gasteiger partial charge is 0.261 e. The molecule has 0 saturated carbocycles. The molecule has 0 radical (unpaired) electrons. The Morgan fingerprint density at radius 2 is 1.96 bits per heavy atom. The molecule has 5 nitrogen and oxygen atoms in total. The Labute approximate surface area is 161 Å². The van der Waals surface area contributed by atoms with Crippen molar-refractivity contribution in [2.75, 3.05) is 19.3 Å². The predicted octanol–water partition coefficient (Wildman–Crippen LogP) is 3.40. The second-order valence-corrected chi connectivity index (χ2v) is 9.10. The van der Waals surface area contributed by atoms with E-state index in [1.54, 1.807) is 29.2 Å². The molecule has 130 valence electrons. The van der Waals surface area contributed by atoms with Gasteiger partial charge in [0.2, 0.25) is 0 Å². The molecule has 25 heavy (non-hydrogen) atoms. The quantitative estimate of drug-likeness (QED) is 0.554. The van der Waals surface area contributed by atoms with E-state index >= 15 is 0 Å². The Balaban J connectivity index is 1.51. The largest absolute Gasteiger partial charge is 0.351 e. The number of carbonyl (C=O) groups excluding carboxylic acids is 3. The van der Waals surface area contributed by atoms with E-state index in [1.165, 1.54) is 24.1 Å². The van der Waals surface area contributed by atoms with Crippen LogP contribution in [0.25, 0.3) is 0 Å². The summed E-state index contributed by atoms with van der Waals surface area (Å²) in [6.45, 7) is 0.542. The minimum atomic E-state index is -0.368. The highest BCUT2D eigenvalue weighted by Crippen LogP contribution is 2.25. The molecular formula is C17H15BrN2O3S2. The summed E-state index contributed by atoms with van der Waals surface area (Å²) in [7, 11) is 1.44. The van der Waals surface area contributed by atoms with Crippen LogP contribution in [0.5, 0.6) is 0 Å². The van der Waals surface area contributed by atoms with Gasteiger partial charge in [-0.25, -0.2) is 0 Å². The fraction of sp³-hybridized carbons (Fsp3) is 0.235. The number of amides is 3. The molecule has 0 atom stereocenters. The number of nitrogens with one attached hydrogen (secondary N) is 1. The van der Waals surface area contributed by atoms with Crippen molar-refractivity contribution in [2.45, 2.75) is 5.75 Å². The van der Waals surface area contributed by atoms with Crippen molar-refractivity contribution in [3.63, 3.8) is 0 Å². The number of halogens is 1. The van der Waals surface area contributed by atoms with Crippen LogP contribution in [0.2, 0.25) is 0 Å². The molecule has 1 aromatic heterocycles. The fourth-order valence-corrected chi connectivity index (χ4v) is 4.90. The van der Waals surface area contributed by atoms with Crippen LogP contribution < -0.4 is 5.32 Å². The van der Waals surface area contributed by atoms with Gasteiger partial charge in [-0.3, -0.25) is 19.3 Å². The molecule has 8 heteroatoms. The normalized spacial score (nSPS) is 13.3. The van der Waals surface area contributed by atoms with Crippen molar-refractivity contribution >= 4 is 56.8 Å². The zero-order chi connectivity index (χ0) is 18.0. The summed E-state index contributed by atoms with van der Waals surface area (Å²) >= 11 is 6.89. The monoisotopic (exact) mass is 438 g/mol. The van der Waals surface area contributed by atoms with Gasteiger partial charge < -0.3 is 5.32 Å². The van der Waals surface area contributed by atoms with Gasteiger partial charge in [0.05, 0.1) is 14.9 Å². The molecular weight excluding hydrogens is 424 g/mol. The minimum absolute atomic E-state index is 0.239. The molecule has 3 amide bonds. The molecule has 0 fully saturated rings. The molecule has 0 unspecified atom stereocenters. The van der Waals surface area contributed by atoms with Gasteiger partial charge in [-0.05, 0) is 46.3 Å². The Bertz CT molecular complexity index is 850. The molecule has 1 aromatic carbocycles. The maximum absolute atomic E-state index is 12.2. The number of hydrogen-bond donors (Lipinski definition) is 1. The summed E-state index contributed by atoms with van der Waals surface area (Å²) in [5.74, 6) is 0.772. The number of carbonyl (C=O) groups is 3. The minimum Gasteiger partial charge on any atom is -0.351 e. The third-order valence-corrected chi connectivity index (χ3v) is 6.57. The van der Waals surface area contributed by atoms with Crippen molar-refractivity contribution in [1.29, 1.82) is 0 Å². The molecule has 0 saturated heterocycles. The Hall–Kier alpha value is -1.64. The molecule has 2 heterocycles. The summed E-state index contributed by atoms with van der Waals surface area (Å²) < 4.78 is 1.12. The van der Waals surface area contributed by atoms with E-state index in [2.05, 4.69) is 27.3 Å². The summed E-state index contributed by atoms with van der Waals surface area (Å²) in [5.41, 5.74) is 1.03. The first-order valence-electron chi connectivity index (χ1n) is 7.54. The maximum Gasteiger partial charge on any atom is 0.261 e. The van der Waals surface area contributed by atoms with Crippen molar-refractivity contribution < 1.29 is 14.4 Å². The number of fused-ring (bicyclic) bond motifs is 1. The molecule has 3 rings (SSSR count). The van der Waals surface area contributed by atoms with E-state index in [0.29, 0.717) is 17.7 Å². The van der Waals surface area contributed by atoms with Crippen LogP contribution in [0.4, 0.5) is 0 Å². The molecule has 1 aliphatic rings. The number of hydrogen-bond acceptors (Lipinski definition) is 5. The number of rotatable bonds is 6. The van der Waals surface area contributed by atoms with Crippen LogP contribution in [-0.4, -0.2) is 42.0 Å². The number of thiophene rings is 1. The molecule has 0 spiro atoms. The van der Waals surface area contributed by atoms with Crippen molar-refractivity contribution in [2.24, 2.45) is 0 Å². The first kappa shape index (κ1) is 18.2. The van der Waals surface area contributed by atoms with Gasteiger partial charge in [-0.15, -0.1) is 11.3 Å². The Kier molecular flexibility index (Phi) is 5.61. The second kappa shape index (κ2) is 7.72. The predicted molar refractivity (Wildman–Crippen MR) is 103 cm³/mol. The van der Waals surface area contributed by atoms with Gasteiger partial charge in [0.15, 0.2) is 0 Å². The summed E-state index contributed by atoms with van der Waals surface area (Å²) in [5, 5.41) is 2.84. The van der Waals surface area contributed by atoms with Crippen molar-refractivity contribution in [3.8, 4) is 0 Å². The van der Waals surface area contributed by atoms with Gasteiger partial charge in [-0.2, -0.15) is 11.8 Å². The lowest BCUT2D eigenvalue weighted by atomic mass is 10.1. The van der Waals surface area contributed by atoms with Crippen LogP contribution in [0, 0.1) is 0 Å². The van der Waals surface area contributed by atoms with Crippen molar-refractivity contribution in [1.82, 2.24) is 10.2 Å². The SMILES string of the molecule is CN1C(=O)c2ccc(C(=O)NCCSCc3ccc(Br)s3)cc2C1=O. The van der Waals surface area contributed by atoms with Gasteiger partial charge in [0.1, 0.15) is 0 Å². The Morgan fingerprint density at radius 3 is 2.68 bits per heavy atom. The Morgan fingerprint density at radius 1 is 1.20 bits per heavy atom. The average molecular weight is 439 g/mol. The van der Waals surface area contributed by atoms with Gasteiger partial charge in [-0.1, -0.05) is 0 Å². The third kappa shape index (κ3) is 3.96. The standard InChI is InChI=1S/C17H15BrN2O3S2/c1-20-16(22)12-4-2-10(8-13(12)17(20)23)15(21)19-6-7-24-9-11-3-5-14(18)25-11/h2-5,8H,6-7,9H2,1H3,(H,19,21). The maximum atomic E-state index is 12.2. The zero-order valence-electron chi connectivity index (χ0n) is 13.4. The topological polar surface area (TPSA) is 66.5 Å². The van der Waals surface area contributed by atoms with E-state index in [0.717, 1.165) is 20.2 Å². The number of imide groups is 1. The second-order valence-electron chi connectivity index (χ2n) is 5.44. The summed E-state index contributed by atoms with van der Waals surface area (Å²) in [4.78, 5) is 38.4. The lowest BCUT2D eigenvalue weighted by molar-refractivity contribution is 0.0693. The molecule has 2 aromatic rings. The van der Waals surface area contributed by atoms with Gasteiger partial charge in [0, 0.05) is 35.5 Å². The molecule has 0 aliphatic carbocycles. The highest BCUT2D eigenvalue weighted by Gasteiger charge is 2.33. The third-order valence-electron chi connectivity index (χ3n) is 3.76.